The van der Waals surface area contributed by atoms with Crippen LogP contribution < -0.4 is 29.6 Å². The predicted octanol–water partition coefficient (Wildman–Crippen LogP) is 1.77. The number of hydrogen-bond donors (Lipinski definition) is 8. The lowest BCUT2D eigenvalue weighted by Crippen LogP contribution is -2.50. The lowest BCUT2D eigenvalue weighted by molar-refractivity contribution is -0.146. The number of amides is 2. The van der Waals surface area contributed by atoms with E-state index in [0.29, 0.717) is 80.1 Å². The molecular weight excluding hydrogens is 1160 g/mol. The second-order valence-corrected chi connectivity index (χ2v) is 24.5. The van der Waals surface area contributed by atoms with Gasteiger partial charge in [0.15, 0.2) is 12.2 Å². The third kappa shape index (κ3) is 16.8. The molecule has 0 aromatic heterocycles. The van der Waals surface area contributed by atoms with Crippen LogP contribution in [0.15, 0.2) is 82.6 Å². The number of rotatable bonds is 31. The molecule has 28 heteroatoms. The molecule has 22 nitrogen and oxygen atoms in total. The van der Waals surface area contributed by atoms with Crippen molar-refractivity contribution in [3.05, 3.63) is 117 Å². The van der Waals surface area contributed by atoms with Gasteiger partial charge in [-0.3, -0.25) is 19.4 Å². The van der Waals surface area contributed by atoms with Gasteiger partial charge in [0.05, 0.1) is 86.9 Å². The Kier molecular flexibility index (Phi) is 22.7. The van der Waals surface area contributed by atoms with E-state index < -0.39 is 80.1 Å². The van der Waals surface area contributed by atoms with Gasteiger partial charge in [-0.1, -0.05) is 23.2 Å². The van der Waals surface area contributed by atoms with E-state index >= 15 is 4.39 Å². The summed E-state index contributed by atoms with van der Waals surface area (Å²) in [6.45, 7) is 2.20. The Morgan fingerprint density at radius 1 is 0.585 bits per heavy atom. The summed E-state index contributed by atoms with van der Waals surface area (Å²) in [5.74, 6) is -2.25. The molecule has 2 heterocycles. The zero-order valence-corrected chi connectivity index (χ0v) is 47.7. The van der Waals surface area contributed by atoms with Crippen molar-refractivity contribution in [3.8, 4) is 11.5 Å². The lowest BCUT2D eigenvalue weighted by atomic mass is 10.1. The molecule has 8 N–H and O–H groups in total. The smallest absolute Gasteiger partial charge is 0.252 e. The average molecular weight is 1230 g/mol. The van der Waals surface area contributed by atoms with Gasteiger partial charge < -0.3 is 59.5 Å². The first-order chi connectivity index (χ1) is 39.3. The van der Waals surface area contributed by atoms with Crippen molar-refractivity contribution >= 4 is 55.1 Å². The summed E-state index contributed by atoms with van der Waals surface area (Å²) in [6, 6.07) is 17.0. The molecule has 450 valence electrons. The van der Waals surface area contributed by atoms with Crippen LogP contribution in [0.2, 0.25) is 10.0 Å². The topological polar surface area (TPSA) is 293 Å². The van der Waals surface area contributed by atoms with Crippen LogP contribution in [0.1, 0.15) is 47.3 Å². The molecule has 2 aliphatic heterocycles. The Balaban J connectivity index is 0.623. The van der Waals surface area contributed by atoms with Crippen LogP contribution in [0.5, 0.6) is 11.5 Å². The van der Waals surface area contributed by atoms with Crippen LogP contribution in [0, 0.1) is 11.6 Å². The Morgan fingerprint density at radius 3 is 1.48 bits per heavy atom. The zero-order valence-electron chi connectivity index (χ0n) is 44.6. The third-order valence-electron chi connectivity index (χ3n) is 14.4. The van der Waals surface area contributed by atoms with E-state index in [1.54, 1.807) is 12.1 Å². The first-order valence-electron chi connectivity index (χ1n) is 26.8. The van der Waals surface area contributed by atoms with Gasteiger partial charge >= 0.3 is 0 Å². The minimum absolute atomic E-state index is 0.00816. The number of nitrogens with one attached hydrogen (secondary N) is 4. The predicted molar refractivity (Wildman–Crippen MR) is 294 cm³/mol. The van der Waals surface area contributed by atoms with Gasteiger partial charge in [0.2, 0.25) is 20.0 Å². The van der Waals surface area contributed by atoms with Gasteiger partial charge in [-0.15, -0.1) is 0 Å². The minimum Gasteiger partial charge on any atom is -0.484 e. The van der Waals surface area contributed by atoms with Crippen molar-refractivity contribution in [1.29, 1.82) is 0 Å². The molecule has 0 bridgehead atoms. The van der Waals surface area contributed by atoms with Crippen molar-refractivity contribution in [2.24, 2.45) is 0 Å². The highest BCUT2D eigenvalue weighted by atomic mass is 35.5. The normalized spacial score (nSPS) is 21.8. The summed E-state index contributed by atoms with van der Waals surface area (Å²) in [5, 5.41) is 45.9. The Hall–Kier alpha value is -4.72. The number of hydrogen-bond acceptors (Lipinski definition) is 18. The summed E-state index contributed by atoms with van der Waals surface area (Å²) < 4.78 is 121. The Labute approximate surface area is 484 Å². The van der Waals surface area contributed by atoms with Gasteiger partial charge in [-0.2, -0.15) is 0 Å². The molecule has 82 heavy (non-hydrogen) atoms. The zero-order chi connectivity index (χ0) is 58.6. The van der Waals surface area contributed by atoms with Gasteiger partial charge in [0.1, 0.15) is 35.3 Å². The van der Waals surface area contributed by atoms with Crippen molar-refractivity contribution in [2.45, 2.75) is 84.2 Å². The van der Waals surface area contributed by atoms with Crippen LogP contribution in [-0.2, 0) is 61.4 Å². The average Bonchev–Trinajstić information content (AvgIpc) is 3.30. The largest absolute Gasteiger partial charge is 0.484 e. The second kappa shape index (κ2) is 29.4. The van der Waals surface area contributed by atoms with Gasteiger partial charge in [0, 0.05) is 73.5 Å². The number of ether oxygens (including phenoxy) is 6. The fraction of sp³-hybridized carbons (Fsp3) is 0.519. The molecule has 0 saturated carbocycles. The summed E-state index contributed by atoms with van der Waals surface area (Å²) in [7, 11) is -7.84. The number of β-amino-alcohol motifs (C(OH)–C–C–N with tert-alkyl or cyclic N) is 2. The first-order valence-corrected chi connectivity index (χ1v) is 30.6. The van der Waals surface area contributed by atoms with E-state index in [0.717, 1.165) is 5.56 Å². The quantitative estimate of drug-likeness (QED) is 0.0333. The van der Waals surface area contributed by atoms with E-state index in [-0.39, 0.29) is 111 Å². The van der Waals surface area contributed by atoms with Crippen LogP contribution in [0.25, 0.3) is 0 Å². The molecule has 8 rings (SSSR count). The number of aliphatic hydroxyl groups is 4. The monoisotopic (exact) mass is 1230 g/mol. The third-order valence-corrected chi connectivity index (χ3v) is 17.8. The molecule has 2 aliphatic carbocycles. The standard InChI is InChI=1S/C54H68Cl2F2N6O16S2/c55-34-25-33-26-46(63-15-9-36(65)31-63)52(48(33)45(58)29-34)80-39-3-7-41(8-4-39)82(73,74)62-14-20-78-24-22-76-18-12-60-54(70)50(68)49(67)53(69)59-11-17-75-21-23-77-19-13-61-81(71,72)40-5-1-38(2-6-40)79-51-43-27-35(56)28-44(57)42(43)30-47(51)64-16-10-37(66)32-64/h1-8,25,27-29,36-37,46-47,49-52,61-62,65-68H,9-24,26,30-32H2,(H,59,69)(H,60,70)/t36-,37+,46-,47-,49-,50-,51-,52+/m0/s1. The van der Waals surface area contributed by atoms with E-state index in [2.05, 4.69) is 29.9 Å². The maximum absolute atomic E-state index is 15.2. The Bertz CT molecular complexity index is 3030. The van der Waals surface area contributed by atoms with Crippen molar-refractivity contribution in [2.75, 3.05) is 105 Å². The number of halogens is 4. The maximum Gasteiger partial charge on any atom is 0.252 e. The van der Waals surface area contributed by atoms with Gasteiger partial charge in [0.25, 0.3) is 11.8 Å². The highest BCUT2D eigenvalue weighted by Gasteiger charge is 2.44. The van der Waals surface area contributed by atoms with E-state index in [4.69, 9.17) is 51.6 Å². The summed E-state index contributed by atoms with van der Waals surface area (Å²) in [4.78, 5) is 28.8. The molecule has 2 fully saturated rings. The van der Waals surface area contributed by atoms with Crippen LogP contribution in [0.3, 0.4) is 0 Å². The molecule has 8 atom stereocenters. The first kappa shape index (κ1) is 63.3. The lowest BCUT2D eigenvalue weighted by Gasteiger charge is -2.30. The number of carbonyl (C=O) groups is 2. The number of benzene rings is 4. The molecule has 4 aromatic carbocycles. The molecule has 0 spiro atoms. The summed E-state index contributed by atoms with van der Waals surface area (Å²) >= 11 is 12.3. The van der Waals surface area contributed by atoms with Gasteiger partial charge in [-0.05, 0) is 110 Å². The maximum atomic E-state index is 15.2. The fourth-order valence-electron chi connectivity index (χ4n) is 10.3. The number of sulfonamides is 2. The molecule has 0 unspecified atom stereocenters. The number of aliphatic hydroxyl groups excluding tert-OH is 4. The number of nitrogens with zero attached hydrogens (tertiary/aromatic N) is 2. The molecule has 2 amide bonds. The fourth-order valence-corrected chi connectivity index (χ4v) is 12.8. The van der Waals surface area contributed by atoms with Crippen molar-refractivity contribution in [1.82, 2.24) is 29.9 Å². The van der Waals surface area contributed by atoms with Crippen LogP contribution in [0.4, 0.5) is 8.78 Å². The van der Waals surface area contributed by atoms with E-state index in [9.17, 15) is 51.2 Å². The number of carbonyl (C=O) groups excluding carboxylic acids is 2. The summed E-state index contributed by atoms with van der Waals surface area (Å²) in [5.41, 5.74) is 2.22. The molecule has 4 aliphatic rings. The second-order valence-electron chi connectivity index (χ2n) is 20.1. The number of likely N-dealkylation sites (tertiary alicyclic amines) is 2. The minimum atomic E-state index is -3.93. The van der Waals surface area contributed by atoms with E-state index in [1.807, 2.05) is 0 Å². The highest BCUT2D eigenvalue weighted by molar-refractivity contribution is 7.89. The van der Waals surface area contributed by atoms with Crippen molar-refractivity contribution in [3.63, 3.8) is 0 Å². The molecule has 0 radical (unpaired) electrons. The van der Waals surface area contributed by atoms with Crippen molar-refractivity contribution < 1.29 is 84.1 Å². The molecular formula is C54H68Cl2F2N6O16S2. The highest BCUT2D eigenvalue weighted by Crippen LogP contribution is 2.43. The number of fused-ring (bicyclic) bond motifs is 2. The Morgan fingerprint density at radius 2 is 1.01 bits per heavy atom. The molecule has 2 saturated heterocycles. The summed E-state index contributed by atoms with van der Waals surface area (Å²) in [6.07, 6.45) is -4.39. The SMILES string of the molecule is O=C(NCCOCCOCCNS(=O)(=O)c1ccc(O[C@H]2c3cc(Cl)cc(F)c3C[C@@H]2N2CC[C@@H](O)C2)cc1)[C@@H](O)[C@H](O)C(=O)NCCOCCOCCNS(=O)(=O)c1ccc(O[C@H]2c3c(F)cc(Cl)cc3C[C@@H]2N2CC[C@H](O)C2)cc1. The van der Waals surface area contributed by atoms with E-state index in [1.165, 1.54) is 60.7 Å². The van der Waals surface area contributed by atoms with Gasteiger partial charge in [-0.25, -0.2) is 35.1 Å². The van der Waals surface area contributed by atoms with Crippen LogP contribution in [-0.4, -0.2) is 201 Å². The molecule has 4 aromatic rings. The van der Waals surface area contributed by atoms with Crippen LogP contribution >= 0.6 is 23.2 Å².